The minimum absolute atomic E-state index is 0.0756. The molecule has 32 heavy (non-hydrogen) atoms. The summed E-state index contributed by atoms with van der Waals surface area (Å²) in [5, 5.41) is 19.5. The average Bonchev–Trinajstić information content (AvgIpc) is 2.78. The fraction of sp³-hybridized carbons (Fsp3) is 0.500. The van der Waals surface area contributed by atoms with Gasteiger partial charge in [0, 0.05) is 18.7 Å². The second-order valence-corrected chi connectivity index (χ2v) is 7.86. The summed E-state index contributed by atoms with van der Waals surface area (Å²) in [5.41, 5.74) is 0.478. The number of hydrogen-bond donors (Lipinski definition) is 3. The maximum atomic E-state index is 12.2. The fourth-order valence-corrected chi connectivity index (χ4v) is 2.76. The van der Waals surface area contributed by atoms with Crippen molar-refractivity contribution in [3.63, 3.8) is 0 Å². The highest BCUT2D eigenvalue weighted by Gasteiger charge is 2.28. The Hall–Kier alpha value is -2.76. The van der Waals surface area contributed by atoms with Gasteiger partial charge in [0.2, 0.25) is 5.91 Å². The summed E-state index contributed by atoms with van der Waals surface area (Å²) >= 11 is 0.922. The van der Waals surface area contributed by atoms with Crippen LogP contribution in [0, 0.1) is 22.5 Å². The van der Waals surface area contributed by atoms with Gasteiger partial charge in [-0.1, -0.05) is 12.0 Å². The lowest BCUT2D eigenvalue weighted by Crippen LogP contribution is -2.34. The van der Waals surface area contributed by atoms with Crippen molar-refractivity contribution in [1.82, 2.24) is 16.0 Å². The highest BCUT2D eigenvalue weighted by molar-refractivity contribution is 8.04. The minimum Gasteiger partial charge on any atom is -0.490 e. The van der Waals surface area contributed by atoms with Gasteiger partial charge in [-0.15, -0.1) is 5.92 Å². The number of ether oxygens (including phenoxy) is 3. The molecule has 0 saturated carbocycles. The maximum absolute atomic E-state index is 12.2. The van der Waals surface area contributed by atoms with Crippen LogP contribution in [0.25, 0.3) is 0 Å². The number of likely N-dealkylation sites (N-methyl/N-ethyl adjacent to an activating group) is 1. The number of thioether (sulfide) groups is 1. The first-order valence-electron chi connectivity index (χ1n) is 10.0. The van der Waals surface area contributed by atoms with Crippen LogP contribution < -0.4 is 20.7 Å². The van der Waals surface area contributed by atoms with Gasteiger partial charge in [0.1, 0.15) is 24.4 Å². The molecule has 174 valence electrons. The molecule has 1 unspecified atom stereocenters. The fourth-order valence-electron chi connectivity index (χ4n) is 2.31. The van der Waals surface area contributed by atoms with Crippen molar-refractivity contribution < 1.29 is 23.8 Å². The quantitative estimate of drug-likeness (QED) is 0.153. The molecule has 3 N–H and O–H groups in total. The summed E-state index contributed by atoms with van der Waals surface area (Å²) in [4.78, 5) is 22.8. The van der Waals surface area contributed by atoms with Crippen molar-refractivity contribution in [1.29, 1.82) is 5.26 Å². The van der Waals surface area contributed by atoms with E-state index in [4.69, 9.17) is 19.5 Å². The summed E-state index contributed by atoms with van der Waals surface area (Å²) < 4.78 is 16.8. The number of carbonyl (C=O) groups is 2. The van der Waals surface area contributed by atoms with Crippen molar-refractivity contribution in [2.24, 2.45) is 0 Å². The molecule has 0 aliphatic rings. The molecular weight excluding hydrogens is 432 g/mol. The molecule has 1 aromatic rings. The minimum atomic E-state index is -0.956. The van der Waals surface area contributed by atoms with Crippen LogP contribution in [-0.2, 0) is 14.3 Å². The predicted molar refractivity (Wildman–Crippen MR) is 123 cm³/mol. The lowest BCUT2D eigenvalue weighted by Gasteiger charge is -2.26. The molecule has 9 nitrogen and oxygen atoms in total. The van der Waals surface area contributed by atoms with Gasteiger partial charge < -0.3 is 30.2 Å². The molecule has 0 radical (unpaired) electrons. The number of amides is 2. The molecule has 0 aliphatic carbocycles. The van der Waals surface area contributed by atoms with Gasteiger partial charge in [0.05, 0.1) is 19.8 Å². The number of nitrogens with zero attached hydrogens (tertiary/aromatic N) is 1. The van der Waals surface area contributed by atoms with Gasteiger partial charge in [-0.2, -0.15) is 5.26 Å². The second-order valence-electron chi connectivity index (χ2n) is 6.61. The zero-order valence-electron chi connectivity index (χ0n) is 18.7. The van der Waals surface area contributed by atoms with Gasteiger partial charge >= 0.3 is 0 Å². The third-order valence-electron chi connectivity index (χ3n) is 3.94. The van der Waals surface area contributed by atoms with Crippen LogP contribution in [-0.4, -0.2) is 69.9 Å². The first kappa shape index (κ1) is 27.3. The summed E-state index contributed by atoms with van der Waals surface area (Å²) in [6.45, 7) is 5.21. The molecule has 0 bridgehead atoms. The van der Waals surface area contributed by atoms with Crippen LogP contribution in [0.3, 0.4) is 0 Å². The zero-order chi connectivity index (χ0) is 23.7. The topological polar surface area (TPSA) is 122 Å². The number of thiocyanates is 1. The first-order chi connectivity index (χ1) is 15.4. The number of nitriles is 1. The van der Waals surface area contributed by atoms with Crippen molar-refractivity contribution in [2.75, 3.05) is 53.1 Å². The maximum Gasteiger partial charge on any atom is 0.251 e. The SMILES string of the molecule is CC#CCNC(=O)COCCOC(C)(COc1cccc(C(=O)NCCNC)c1)SC#N. The van der Waals surface area contributed by atoms with Gasteiger partial charge in [0.15, 0.2) is 4.93 Å². The van der Waals surface area contributed by atoms with E-state index >= 15 is 0 Å². The Morgan fingerprint density at radius 2 is 2.03 bits per heavy atom. The van der Waals surface area contributed by atoms with E-state index < -0.39 is 4.93 Å². The molecule has 1 atom stereocenters. The van der Waals surface area contributed by atoms with E-state index in [1.165, 1.54) is 0 Å². The Kier molecular flexibility index (Phi) is 13.6. The van der Waals surface area contributed by atoms with E-state index in [1.807, 2.05) is 12.4 Å². The molecule has 1 aromatic carbocycles. The third-order valence-corrected chi connectivity index (χ3v) is 4.70. The van der Waals surface area contributed by atoms with Crippen LogP contribution in [0.5, 0.6) is 5.75 Å². The van der Waals surface area contributed by atoms with Crippen molar-refractivity contribution in [3.8, 4) is 23.0 Å². The first-order valence-corrected chi connectivity index (χ1v) is 10.9. The number of benzene rings is 1. The second kappa shape index (κ2) is 16.0. The summed E-state index contributed by atoms with van der Waals surface area (Å²) in [5.74, 6) is 5.44. The van der Waals surface area contributed by atoms with Crippen molar-refractivity contribution in [3.05, 3.63) is 29.8 Å². The van der Waals surface area contributed by atoms with Gasteiger partial charge in [-0.25, -0.2) is 0 Å². The number of rotatable bonds is 15. The normalized spacial score (nSPS) is 11.9. The van der Waals surface area contributed by atoms with Crippen molar-refractivity contribution >= 4 is 23.6 Å². The molecule has 0 fully saturated rings. The molecule has 0 aromatic heterocycles. The van der Waals surface area contributed by atoms with Crippen LogP contribution >= 0.6 is 11.8 Å². The van der Waals surface area contributed by atoms with Gasteiger partial charge in [-0.3, -0.25) is 9.59 Å². The molecule has 2 amide bonds. The predicted octanol–water partition coefficient (Wildman–Crippen LogP) is 1.12. The number of hydrogen-bond acceptors (Lipinski definition) is 8. The summed E-state index contributed by atoms with van der Waals surface area (Å²) in [7, 11) is 1.81. The Bertz CT molecular complexity index is 834. The lowest BCUT2D eigenvalue weighted by molar-refractivity contribution is -0.126. The van der Waals surface area contributed by atoms with Crippen LogP contribution in [0.2, 0.25) is 0 Å². The molecule has 1 rings (SSSR count). The van der Waals surface area contributed by atoms with E-state index in [0.29, 0.717) is 24.4 Å². The van der Waals surface area contributed by atoms with E-state index in [9.17, 15) is 9.59 Å². The number of carbonyl (C=O) groups excluding carboxylic acids is 2. The molecular formula is C22H30N4O5S. The lowest BCUT2D eigenvalue weighted by atomic mass is 10.2. The zero-order valence-corrected chi connectivity index (χ0v) is 19.5. The van der Waals surface area contributed by atoms with E-state index in [2.05, 4.69) is 27.8 Å². The van der Waals surface area contributed by atoms with Gasteiger partial charge in [0.25, 0.3) is 5.91 Å². The highest BCUT2D eigenvalue weighted by Crippen LogP contribution is 2.27. The highest BCUT2D eigenvalue weighted by atomic mass is 32.2. The standard InChI is InChI=1S/C22H30N4O5S/c1-4-5-9-25-20(27)15-29-12-13-31-22(2,32-17-23)16-30-19-8-6-7-18(14-19)21(28)26-11-10-24-3/h6-8,14,24H,9-13,15-16H2,1-3H3,(H,25,27)(H,26,28). The van der Waals surface area contributed by atoms with E-state index in [0.717, 1.165) is 11.8 Å². The van der Waals surface area contributed by atoms with Crippen LogP contribution in [0.15, 0.2) is 24.3 Å². The Balaban J connectivity index is 2.48. The smallest absolute Gasteiger partial charge is 0.251 e. The Morgan fingerprint density at radius 3 is 2.75 bits per heavy atom. The third kappa shape index (κ3) is 11.6. The molecule has 10 heteroatoms. The summed E-state index contributed by atoms with van der Waals surface area (Å²) in [6.07, 6.45) is 0. The van der Waals surface area contributed by atoms with Crippen LogP contribution in [0.1, 0.15) is 24.2 Å². The van der Waals surface area contributed by atoms with Crippen molar-refractivity contribution in [2.45, 2.75) is 18.8 Å². The molecule has 0 aliphatic heterocycles. The average molecular weight is 463 g/mol. The Labute approximate surface area is 193 Å². The monoisotopic (exact) mass is 462 g/mol. The van der Waals surface area contributed by atoms with Crippen LogP contribution in [0.4, 0.5) is 0 Å². The largest absolute Gasteiger partial charge is 0.490 e. The van der Waals surface area contributed by atoms with E-state index in [-0.39, 0.29) is 44.8 Å². The number of nitrogens with one attached hydrogen (secondary N) is 3. The molecule has 0 heterocycles. The van der Waals surface area contributed by atoms with E-state index in [1.54, 1.807) is 38.1 Å². The molecule has 0 spiro atoms. The summed E-state index contributed by atoms with van der Waals surface area (Å²) in [6, 6.07) is 6.79. The molecule has 0 saturated heterocycles. The Morgan fingerprint density at radius 1 is 1.22 bits per heavy atom. The van der Waals surface area contributed by atoms with Gasteiger partial charge in [-0.05, 0) is 50.9 Å².